The van der Waals surface area contributed by atoms with Gasteiger partial charge in [0, 0.05) is 10.6 Å². The van der Waals surface area contributed by atoms with Gasteiger partial charge in [0.05, 0.1) is 4.92 Å². The topological polar surface area (TPSA) is 69.8 Å². The van der Waals surface area contributed by atoms with E-state index in [4.69, 9.17) is 11.6 Å². The van der Waals surface area contributed by atoms with Crippen LogP contribution < -0.4 is 9.80 Å². The highest BCUT2D eigenvalue weighted by atomic mass is 35.5. The minimum absolute atomic E-state index is 0.143. The average molecular weight is 366 g/mol. The van der Waals surface area contributed by atoms with E-state index >= 15 is 0 Å². The summed E-state index contributed by atoms with van der Waals surface area (Å²) in [7, 11) is 0. The maximum absolute atomic E-state index is 11.1. The second-order valence-electron chi connectivity index (χ2n) is 6.74. The van der Waals surface area contributed by atoms with Crippen molar-refractivity contribution in [1.82, 2.24) is 9.78 Å². The average Bonchev–Trinajstić information content (AvgIpc) is 2.83. The molecule has 0 unspecified atom stereocenters. The van der Waals surface area contributed by atoms with Gasteiger partial charge >= 0.3 is 5.69 Å². The molecule has 7 nitrogen and oxygen atoms in total. The van der Waals surface area contributed by atoms with Gasteiger partial charge in [-0.25, -0.2) is 4.68 Å². The summed E-state index contributed by atoms with van der Waals surface area (Å²) in [6, 6.07) is 8.04. The third-order valence-electron chi connectivity index (χ3n) is 4.91. The fraction of sp³-hybridized carbons (Fsp3) is 0.471. The number of hydrogen-bond acceptors (Lipinski definition) is 3. The highest BCUT2D eigenvalue weighted by Gasteiger charge is 2.27. The molecule has 1 aromatic carbocycles. The number of rotatable bonds is 5. The Hall–Kier alpha value is -1.96. The first-order valence-electron chi connectivity index (χ1n) is 8.54. The van der Waals surface area contributed by atoms with Crippen molar-refractivity contribution in [2.24, 2.45) is 0 Å². The van der Waals surface area contributed by atoms with Crippen molar-refractivity contribution >= 4 is 17.3 Å². The van der Waals surface area contributed by atoms with Gasteiger partial charge < -0.3 is 9.80 Å². The summed E-state index contributed by atoms with van der Waals surface area (Å²) >= 11 is 6.06. The summed E-state index contributed by atoms with van der Waals surface area (Å²) in [6.07, 6.45) is 0. The molecule has 2 heterocycles. The molecule has 2 N–H and O–H groups in total. The van der Waals surface area contributed by atoms with E-state index < -0.39 is 0 Å². The van der Waals surface area contributed by atoms with Crippen LogP contribution in [0.15, 0.2) is 24.3 Å². The van der Waals surface area contributed by atoms with Crippen molar-refractivity contribution in [1.29, 1.82) is 0 Å². The summed E-state index contributed by atoms with van der Waals surface area (Å²) in [5.41, 5.74) is 2.54. The fourth-order valence-corrected chi connectivity index (χ4v) is 3.76. The molecule has 0 bridgehead atoms. The number of piperazine rings is 1. The molecular formula is C17H24ClN5O2+2. The normalized spacial score (nSPS) is 20.6. The van der Waals surface area contributed by atoms with E-state index in [-0.39, 0.29) is 10.6 Å². The Morgan fingerprint density at radius 3 is 2.52 bits per heavy atom. The van der Waals surface area contributed by atoms with Crippen molar-refractivity contribution < 1.29 is 14.7 Å². The number of aromatic nitrogens is 2. The van der Waals surface area contributed by atoms with E-state index in [1.54, 1.807) is 23.4 Å². The molecule has 0 aliphatic carbocycles. The summed E-state index contributed by atoms with van der Waals surface area (Å²) < 4.78 is 1.78. The monoisotopic (exact) mass is 365 g/mol. The van der Waals surface area contributed by atoms with Crippen molar-refractivity contribution in [3.8, 4) is 0 Å². The van der Waals surface area contributed by atoms with Crippen LogP contribution >= 0.6 is 11.6 Å². The maximum atomic E-state index is 11.1. The van der Waals surface area contributed by atoms with Gasteiger partial charge in [-0.15, -0.1) is 0 Å². The lowest BCUT2D eigenvalue weighted by atomic mass is 10.2. The van der Waals surface area contributed by atoms with Gasteiger partial charge in [0.15, 0.2) is 6.67 Å². The van der Waals surface area contributed by atoms with Gasteiger partial charge in [0.1, 0.15) is 44.1 Å². The Labute approximate surface area is 151 Å². The molecule has 2 aromatic rings. The number of nitrogens with one attached hydrogen (secondary N) is 2. The van der Waals surface area contributed by atoms with E-state index in [2.05, 4.69) is 11.2 Å². The highest BCUT2D eigenvalue weighted by Crippen LogP contribution is 2.20. The van der Waals surface area contributed by atoms with Crippen LogP contribution in [-0.4, -0.2) is 40.9 Å². The Morgan fingerprint density at radius 2 is 1.92 bits per heavy atom. The third kappa shape index (κ3) is 4.18. The number of halogens is 1. The second-order valence-corrected chi connectivity index (χ2v) is 7.18. The fourth-order valence-electron chi connectivity index (χ4n) is 3.55. The lowest BCUT2D eigenvalue weighted by Crippen LogP contribution is -3.27. The standard InChI is InChI=1S/C17H22ClN5O2/c1-13-17(23(24)25)14(2)22(19-13)12-21-8-6-20(7-9-21)11-15-4-3-5-16(18)10-15/h3-5,10H,6-9,11-12H2,1-2H3/p+2. The van der Waals surface area contributed by atoms with Crippen LogP contribution in [0.2, 0.25) is 5.02 Å². The summed E-state index contributed by atoms with van der Waals surface area (Å²) in [4.78, 5) is 13.7. The minimum Gasteiger partial charge on any atom is -0.322 e. The van der Waals surface area contributed by atoms with Gasteiger partial charge in [-0.2, -0.15) is 5.10 Å². The zero-order valence-corrected chi connectivity index (χ0v) is 15.3. The molecule has 0 atom stereocenters. The predicted octanol–water partition coefficient (Wildman–Crippen LogP) is 0.00264. The summed E-state index contributed by atoms with van der Waals surface area (Å²) in [5.74, 6) is 0. The molecule has 0 radical (unpaired) electrons. The molecule has 0 saturated carbocycles. The number of benzene rings is 1. The number of quaternary nitrogens is 2. The van der Waals surface area contributed by atoms with Crippen LogP contribution in [0, 0.1) is 24.0 Å². The van der Waals surface area contributed by atoms with Crippen molar-refractivity contribution in [3.63, 3.8) is 0 Å². The maximum Gasteiger partial charge on any atom is 0.312 e. The van der Waals surface area contributed by atoms with E-state index in [0.29, 0.717) is 18.1 Å². The summed E-state index contributed by atoms with van der Waals surface area (Å²) in [6.45, 7) is 9.35. The molecule has 134 valence electrons. The molecule has 0 amide bonds. The zero-order valence-electron chi connectivity index (χ0n) is 14.6. The molecule has 25 heavy (non-hydrogen) atoms. The number of aryl methyl sites for hydroxylation is 1. The quantitative estimate of drug-likeness (QED) is 0.579. The van der Waals surface area contributed by atoms with Crippen LogP contribution in [0.3, 0.4) is 0 Å². The van der Waals surface area contributed by atoms with Gasteiger partial charge in [-0.1, -0.05) is 23.7 Å². The lowest BCUT2D eigenvalue weighted by molar-refractivity contribution is -1.03. The largest absolute Gasteiger partial charge is 0.322 e. The van der Waals surface area contributed by atoms with Crippen molar-refractivity contribution in [2.45, 2.75) is 27.1 Å². The van der Waals surface area contributed by atoms with E-state index in [1.165, 1.54) is 10.5 Å². The van der Waals surface area contributed by atoms with Crippen LogP contribution in [0.25, 0.3) is 0 Å². The first-order chi connectivity index (χ1) is 11.9. The Morgan fingerprint density at radius 1 is 1.24 bits per heavy atom. The smallest absolute Gasteiger partial charge is 0.312 e. The SMILES string of the molecule is Cc1nn(C[NH+]2CC[NH+](Cc3cccc(Cl)c3)CC2)c(C)c1[N+](=O)[O-]. The van der Waals surface area contributed by atoms with E-state index in [0.717, 1.165) is 37.7 Å². The first-order valence-corrected chi connectivity index (χ1v) is 8.92. The minimum atomic E-state index is -0.337. The number of nitro groups is 1. The van der Waals surface area contributed by atoms with Crippen molar-refractivity contribution in [3.05, 3.63) is 56.4 Å². The zero-order chi connectivity index (χ0) is 18.0. The molecular weight excluding hydrogens is 342 g/mol. The molecule has 0 spiro atoms. The Balaban J connectivity index is 1.56. The van der Waals surface area contributed by atoms with Gasteiger partial charge in [0.25, 0.3) is 0 Å². The molecule has 1 aromatic heterocycles. The molecule has 1 aliphatic rings. The number of hydrogen-bond donors (Lipinski definition) is 2. The van der Waals surface area contributed by atoms with Gasteiger partial charge in [-0.3, -0.25) is 10.1 Å². The van der Waals surface area contributed by atoms with Gasteiger partial charge in [0.2, 0.25) is 0 Å². The third-order valence-corrected chi connectivity index (χ3v) is 5.14. The van der Waals surface area contributed by atoms with Crippen LogP contribution in [0.5, 0.6) is 0 Å². The Bertz CT molecular complexity index is 768. The van der Waals surface area contributed by atoms with Crippen LogP contribution in [0.1, 0.15) is 17.0 Å². The Kier molecular flexibility index (Phi) is 5.36. The van der Waals surface area contributed by atoms with E-state index in [9.17, 15) is 10.1 Å². The molecule has 1 fully saturated rings. The molecule has 1 aliphatic heterocycles. The van der Waals surface area contributed by atoms with Crippen LogP contribution in [-0.2, 0) is 13.2 Å². The predicted molar refractivity (Wildman–Crippen MR) is 94.9 cm³/mol. The highest BCUT2D eigenvalue weighted by molar-refractivity contribution is 6.30. The molecule has 1 saturated heterocycles. The number of nitrogens with zero attached hydrogens (tertiary/aromatic N) is 3. The molecule has 3 rings (SSSR count). The first kappa shape index (κ1) is 17.8. The van der Waals surface area contributed by atoms with Gasteiger partial charge in [-0.05, 0) is 26.0 Å². The second kappa shape index (κ2) is 7.51. The molecule has 8 heteroatoms. The van der Waals surface area contributed by atoms with E-state index in [1.807, 2.05) is 18.2 Å². The van der Waals surface area contributed by atoms with Crippen LogP contribution in [0.4, 0.5) is 5.69 Å². The van der Waals surface area contributed by atoms with Crippen molar-refractivity contribution in [2.75, 3.05) is 26.2 Å². The lowest BCUT2D eigenvalue weighted by Gasteiger charge is -2.29. The summed E-state index contributed by atoms with van der Waals surface area (Å²) in [5, 5.41) is 16.3.